The molecule has 0 radical (unpaired) electrons. The zero-order valence-corrected chi connectivity index (χ0v) is 14.1. The highest BCUT2D eigenvalue weighted by molar-refractivity contribution is 5.96. The van der Waals surface area contributed by atoms with Crippen LogP contribution in [0.4, 0.5) is 0 Å². The van der Waals surface area contributed by atoms with Crippen LogP contribution in [0.5, 0.6) is 0 Å². The Labute approximate surface area is 142 Å². The molecule has 0 bridgehead atoms. The number of carbonyl (C=O) groups is 1. The van der Waals surface area contributed by atoms with Crippen molar-refractivity contribution in [2.75, 3.05) is 33.4 Å². The number of para-hydroxylation sites is 1. The normalized spacial score (nSPS) is 16.7. The molecule has 23 heavy (non-hydrogen) atoms. The predicted octanol–water partition coefficient (Wildman–Crippen LogP) is 2.60. The number of fused-ring (bicyclic) bond motifs is 1. The third kappa shape index (κ3) is 4.05. The van der Waals surface area contributed by atoms with Crippen molar-refractivity contribution in [2.24, 2.45) is 5.41 Å². The number of hydrogen-bond donors (Lipinski definition) is 2. The fourth-order valence-electron chi connectivity index (χ4n) is 3.08. The molecule has 0 aliphatic carbocycles. The third-order valence-corrected chi connectivity index (χ3v) is 4.39. The fraction of sp³-hybridized carbons (Fsp3) is 0.471. The smallest absolute Gasteiger partial charge is 0.287 e. The summed E-state index contributed by atoms with van der Waals surface area (Å²) in [5.41, 5.74) is 0.753. The monoisotopic (exact) mass is 338 g/mol. The lowest BCUT2D eigenvalue weighted by Crippen LogP contribution is -2.47. The summed E-state index contributed by atoms with van der Waals surface area (Å²) in [6, 6.07) is 9.43. The van der Waals surface area contributed by atoms with Gasteiger partial charge in [-0.05, 0) is 38.1 Å². The number of methoxy groups -OCH3 is 1. The topological polar surface area (TPSA) is 63.5 Å². The van der Waals surface area contributed by atoms with E-state index < -0.39 is 0 Å². The Hall–Kier alpha value is -1.56. The van der Waals surface area contributed by atoms with Crippen molar-refractivity contribution >= 4 is 29.3 Å². The van der Waals surface area contributed by atoms with E-state index in [1.165, 1.54) is 0 Å². The number of halogens is 1. The second-order valence-electron chi connectivity index (χ2n) is 6.01. The van der Waals surface area contributed by atoms with Crippen molar-refractivity contribution in [3.05, 3.63) is 36.1 Å². The van der Waals surface area contributed by atoms with Crippen LogP contribution in [0.15, 0.2) is 34.7 Å². The fourth-order valence-corrected chi connectivity index (χ4v) is 3.08. The maximum Gasteiger partial charge on any atom is 0.287 e. The summed E-state index contributed by atoms with van der Waals surface area (Å²) in [7, 11) is 1.71. The van der Waals surface area contributed by atoms with Gasteiger partial charge in [0.25, 0.3) is 5.91 Å². The first-order valence-corrected chi connectivity index (χ1v) is 7.69. The number of nitrogens with one attached hydrogen (secondary N) is 2. The molecule has 2 N–H and O–H groups in total. The molecule has 0 saturated carbocycles. The minimum atomic E-state index is -0.162. The maximum atomic E-state index is 12.3. The lowest BCUT2D eigenvalue weighted by molar-refractivity contribution is 0.0506. The molecule has 5 nitrogen and oxygen atoms in total. The van der Waals surface area contributed by atoms with E-state index in [2.05, 4.69) is 10.6 Å². The summed E-state index contributed by atoms with van der Waals surface area (Å²) in [6.07, 6.45) is 2.00. The Kier molecular flexibility index (Phi) is 6.04. The number of benzene rings is 1. The summed E-state index contributed by atoms with van der Waals surface area (Å²) in [5.74, 6) is 0.202. The molecule has 2 aromatic rings. The van der Waals surface area contributed by atoms with E-state index in [9.17, 15) is 4.79 Å². The molecular formula is C17H23ClN2O3. The van der Waals surface area contributed by atoms with Gasteiger partial charge in [-0.3, -0.25) is 4.79 Å². The Morgan fingerprint density at radius 3 is 2.78 bits per heavy atom. The largest absolute Gasteiger partial charge is 0.451 e. The molecule has 1 amide bonds. The van der Waals surface area contributed by atoms with Crippen LogP contribution in [-0.2, 0) is 4.74 Å². The molecule has 0 unspecified atom stereocenters. The highest BCUT2D eigenvalue weighted by atomic mass is 35.5. The molecule has 1 aliphatic heterocycles. The summed E-state index contributed by atoms with van der Waals surface area (Å²) in [4.78, 5) is 12.3. The van der Waals surface area contributed by atoms with Gasteiger partial charge >= 0.3 is 0 Å². The van der Waals surface area contributed by atoms with Crippen LogP contribution in [-0.4, -0.2) is 39.3 Å². The van der Waals surface area contributed by atoms with Crippen LogP contribution < -0.4 is 10.6 Å². The number of ether oxygens (including phenoxy) is 1. The van der Waals surface area contributed by atoms with Crippen molar-refractivity contribution in [1.29, 1.82) is 0 Å². The first kappa shape index (κ1) is 17.8. The van der Waals surface area contributed by atoms with Crippen molar-refractivity contribution in [3.8, 4) is 0 Å². The Morgan fingerprint density at radius 1 is 1.35 bits per heavy atom. The molecule has 6 heteroatoms. The van der Waals surface area contributed by atoms with E-state index in [4.69, 9.17) is 9.15 Å². The van der Waals surface area contributed by atoms with Gasteiger partial charge in [-0.2, -0.15) is 0 Å². The van der Waals surface area contributed by atoms with Gasteiger partial charge in [0, 0.05) is 24.5 Å². The lowest BCUT2D eigenvalue weighted by Gasteiger charge is -2.37. The maximum absolute atomic E-state index is 12.3. The van der Waals surface area contributed by atoms with Gasteiger partial charge < -0.3 is 19.8 Å². The highest BCUT2D eigenvalue weighted by Gasteiger charge is 2.32. The molecule has 126 valence electrons. The van der Waals surface area contributed by atoms with Crippen LogP contribution in [0.1, 0.15) is 23.4 Å². The van der Waals surface area contributed by atoms with E-state index >= 15 is 0 Å². The number of piperidine rings is 1. The van der Waals surface area contributed by atoms with E-state index in [0.29, 0.717) is 18.9 Å². The third-order valence-electron chi connectivity index (χ3n) is 4.39. The quantitative estimate of drug-likeness (QED) is 0.879. The summed E-state index contributed by atoms with van der Waals surface area (Å²) >= 11 is 0. The van der Waals surface area contributed by atoms with Gasteiger partial charge in [-0.25, -0.2) is 0 Å². The molecule has 1 fully saturated rings. The minimum absolute atomic E-state index is 0. The first-order valence-electron chi connectivity index (χ1n) is 7.69. The van der Waals surface area contributed by atoms with E-state index in [-0.39, 0.29) is 23.7 Å². The molecule has 2 heterocycles. The Balaban J connectivity index is 0.00000192. The SMILES string of the molecule is COCC1(CNC(=O)c2cc3ccccc3o2)CCNCC1.Cl. The average molecular weight is 339 g/mol. The van der Waals surface area contributed by atoms with E-state index in [1.54, 1.807) is 13.2 Å². The van der Waals surface area contributed by atoms with Crippen LogP contribution in [0.25, 0.3) is 11.0 Å². The van der Waals surface area contributed by atoms with E-state index in [1.807, 2.05) is 24.3 Å². The van der Waals surface area contributed by atoms with Crippen molar-refractivity contribution in [3.63, 3.8) is 0 Å². The molecule has 3 rings (SSSR count). The molecule has 0 spiro atoms. The number of furan rings is 1. The highest BCUT2D eigenvalue weighted by Crippen LogP contribution is 2.28. The number of hydrogen-bond acceptors (Lipinski definition) is 4. The zero-order chi connectivity index (χ0) is 15.4. The second-order valence-corrected chi connectivity index (χ2v) is 6.01. The van der Waals surface area contributed by atoms with Crippen LogP contribution in [0.3, 0.4) is 0 Å². The molecule has 0 atom stereocenters. The summed E-state index contributed by atoms with van der Waals surface area (Å²) in [5, 5.41) is 7.31. The van der Waals surface area contributed by atoms with Crippen LogP contribution in [0, 0.1) is 5.41 Å². The Bertz CT molecular complexity index is 612. The lowest BCUT2D eigenvalue weighted by atomic mass is 9.79. The van der Waals surface area contributed by atoms with Gasteiger partial charge in [0.15, 0.2) is 5.76 Å². The van der Waals surface area contributed by atoms with Crippen LogP contribution >= 0.6 is 12.4 Å². The average Bonchev–Trinajstić information content (AvgIpc) is 2.98. The van der Waals surface area contributed by atoms with E-state index in [0.717, 1.165) is 36.9 Å². The van der Waals surface area contributed by atoms with Crippen molar-refractivity contribution in [1.82, 2.24) is 10.6 Å². The standard InChI is InChI=1S/C17H22N2O3.ClH/c1-21-12-17(6-8-18-9-7-17)11-19-16(20)15-10-13-4-2-3-5-14(13)22-15;/h2-5,10,18H,6-9,11-12H2,1H3,(H,19,20);1H. The molecule has 1 aliphatic rings. The van der Waals surface area contributed by atoms with Gasteiger partial charge in [-0.15, -0.1) is 12.4 Å². The second kappa shape index (κ2) is 7.81. The molecule has 1 aromatic carbocycles. The molecular weight excluding hydrogens is 316 g/mol. The number of carbonyl (C=O) groups excluding carboxylic acids is 1. The number of rotatable bonds is 5. The van der Waals surface area contributed by atoms with Gasteiger partial charge in [0.2, 0.25) is 0 Å². The van der Waals surface area contributed by atoms with Crippen molar-refractivity contribution < 1.29 is 13.9 Å². The number of amides is 1. The van der Waals surface area contributed by atoms with Crippen molar-refractivity contribution in [2.45, 2.75) is 12.8 Å². The molecule has 1 aromatic heterocycles. The zero-order valence-electron chi connectivity index (χ0n) is 13.3. The first-order chi connectivity index (χ1) is 10.7. The molecule has 1 saturated heterocycles. The summed E-state index contributed by atoms with van der Waals surface area (Å²) < 4.78 is 11.0. The predicted molar refractivity (Wildman–Crippen MR) is 92.2 cm³/mol. The van der Waals surface area contributed by atoms with Gasteiger partial charge in [0.05, 0.1) is 6.61 Å². The minimum Gasteiger partial charge on any atom is -0.451 e. The summed E-state index contributed by atoms with van der Waals surface area (Å²) in [6.45, 7) is 3.20. The van der Waals surface area contributed by atoms with Gasteiger partial charge in [-0.1, -0.05) is 18.2 Å². The van der Waals surface area contributed by atoms with Gasteiger partial charge in [0.1, 0.15) is 5.58 Å². The Morgan fingerprint density at radius 2 is 2.09 bits per heavy atom. The van der Waals surface area contributed by atoms with Crippen LogP contribution in [0.2, 0.25) is 0 Å².